The standard InChI is InChI=1S/C29H44N6O5Si.C27H39N5O6Si.C21H23N7O3.C18H22N6O2.C3H3NO2.C2H7N.ClH/c1-29(2,3)40-28(37)34-12-9-10-20(17-34)31-24-21-11-13-35(19-38-14-15-41(6,7)8)25(21)30-16-22(24)26-32-23(18-39-26)27(36)33(4)5;1-27(2,3)38-26(35)31-10-7-8-18(15-31)29-22-19-9-11-32(17-36-12-13-39(4,5)6)23(19)28-14-20(22)24-30-21(16-37-24)25(33)34;1-27(2)21(30)16-12-31-20(26-16)15-10-24-19-14(6-8-23-19)18(15)25-13-4-3-9-28(11-13)17(29)5-7-22;1-24(2)18(25)14-10-26-17(23-14)13-9-21-16-12(5-7-20-16)15(13)22-11-4-3-6-19-8-11;1-4-2-3(5)6;1-3-2;/h11,13,16,18,20H,9-10,12,14-15,17,19H2,1-8H3,(H,30,31);9,11,14,16,18H,7-8,10,12-13,15,17H2,1-6H3,(H,28,29)(H,33,34);6,8,10,12-13H,3-5,9,11H2,1-2H3,(H2,23,24,25);5,7,9-11,19H,3-4,6,8H2,1-2H3,(H2,20,21,22);2H2,(H,5,6);3H,1-2H3;1H/t20-;18-;13-;11-;;;/m1111.../s1. The molecule has 0 radical (unpaired) electrons. The molecule has 0 saturated carbocycles. The van der Waals surface area contributed by atoms with Gasteiger partial charge in [-0.3, -0.25) is 19.2 Å². The SMILES string of the molecule is CC(C)(C)OC(=O)N1CCC[C@@H](Nc2c(-c3nc(C(=O)O)co3)cnc3c2ccn3COCC[Si](C)(C)C)C1.CN(C)C(=O)c1coc(-c2cnc3[nH]ccc3c2N[C@@H]2CCCN(C(=O)CC#N)C2)n1.CN(C)C(=O)c1coc(-c2cnc3[nH]ccc3c2N[C@@H]2CCCNC2)n1.CN(C)C(=O)c1coc(-c2cnc3c(ccn3COCC[Si](C)(C)C)c2N[C@@H]2CCCN(C(=O)OC(C)(C)C)C2)n1.CNC.Cl.[C-]#[N+]CC(=O)O. The van der Waals surface area contributed by atoms with E-state index in [1.54, 1.807) is 88.0 Å². The van der Waals surface area contributed by atoms with Gasteiger partial charge in [0.2, 0.25) is 29.5 Å². The van der Waals surface area contributed by atoms with Gasteiger partial charge in [0.1, 0.15) is 78.7 Å². The number of nitrogens with zero attached hydrogens (tertiary/aromatic N) is 18. The lowest BCUT2D eigenvalue weighted by Gasteiger charge is -2.35. The Kier molecular flexibility index (Phi) is 40.7. The summed E-state index contributed by atoms with van der Waals surface area (Å²) in [6.45, 7) is 38.2. The van der Waals surface area contributed by atoms with Gasteiger partial charge >= 0.3 is 30.7 Å². The molecule has 0 aromatic carbocycles. The number of halogens is 1. The Morgan fingerprint density at radius 2 is 0.864 bits per heavy atom. The minimum absolute atomic E-state index is 0. The molecule has 10 N–H and O–H groups in total. The van der Waals surface area contributed by atoms with E-state index in [4.69, 9.17) is 58.5 Å². The summed E-state index contributed by atoms with van der Waals surface area (Å²) < 4.78 is 49.7. The number of nitrogens with one attached hydrogen (secondary N) is 8. The molecule has 0 bridgehead atoms. The summed E-state index contributed by atoms with van der Waals surface area (Å²) in [7, 11) is 11.4. The van der Waals surface area contributed by atoms with E-state index in [1.165, 1.54) is 33.5 Å². The summed E-state index contributed by atoms with van der Waals surface area (Å²) >= 11 is 0. The van der Waals surface area contributed by atoms with E-state index in [9.17, 15) is 43.5 Å². The van der Waals surface area contributed by atoms with Crippen LogP contribution in [0.3, 0.4) is 0 Å². The van der Waals surface area contributed by atoms with E-state index in [1.807, 2.05) is 114 Å². The number of aliphatic carboxylic acids is 1. The molecule has 4 fully saturated rings. The van der Waals surface area contributed by atoms with Crippen molar-refractivity contribution in [2.24, 2.45) is 0 Å². The van der Waals surface area contributed by atoms with Crippen LogP contribution in [0.4, 0.5) is 32.3 Å². The fourth-order valence-electron chi connectivity index (χ4n) is 16.1. The number of oxazole rings is 4. The number of pyridine rings is 4. The number of hydrogen-bond donors (Lipinski definition) is 10. The number of ether oxygens (including phenoxy) is 4. The molecule has 147 heavy (non-hydrogen) atoms. The number of carboxylic acid groups (broad SMARTS) is 2. The molecule has 6 amide bonds. The Labute approximate surface area is 862 Å². The Morgan fingerprint density at radius 1 is 0.517 bits per heavy atom. The lowest BCUT2D eigenvalue weighted by atomic mass is 10.0. The summed E-state index contributed by atoms with van der Waals surface area (Å²) in [5, 5.41) is 50.0. The number of anilines is 4. The second-order valence-corrected chi connectivity index (χ2v) is 52.1. The maximum absolute atomic E-state index is 12.8. The number of amides is 6. The summed E-state index contributed by atoms with van der Waals surface area (Å²) in [6.07, 6.45) is 26.0. The topological polar surface area (TPSA) is 531 Å². The highest BCUT2D eigenvalue weighted by atomic mass is 35.5. The molecule has 4 aliphatic heterocycles. The zero-order valence-electron chi connectivity index (χ0n) is 87.4. The minimum Gasteiger partial charge on any atom is -0.476 e. The normalized spacial score (nSPS) is 15.8. The third-order valence-corrected chi connectivity index (χ3v) is 26.7. The highest BCUT2D eigenvalue weighted by Gasteiger charge is 2.35. The number of aromatic amines is 2. The van der Waals surface area contributed by atoms with Crippen molar-refractivity contribution in [1.82, 2.24) is 99.0 Å². The fourth-order valence-corrected chi connectivity index (χ4v) is 17.6. The van der Waals surface area contributed by atoms with E-state index >= 15 is 0 Å². The van der Waals surface area contributed by atoms with Crippen molar-refractivity contribution in [2.75, 3.05) is 150 Å². The second-order valence-electron chi connectivity index (χ2n) is 40.8. The highest BCUT2D eigenvalue weighted by Crippen LogP contribution is 2.41. The smallest absolute Gasteiger partial charge is 0.410 e. The number of aromatic carboxylic acids is 1. The fraction of sp³-hybridized carbons (Fsp3) is 0.500. The predicted molar refractivity (Wildman–Crippen MR) is 566 cm³/mol. The molecule has 12 aromatic heterocycles. The lowest BCUT2D eigenvalue weighted by molar-refractivity contribution is -0.134. The number of carbonyl (C=O) groups excluding carboxylic acids is 6. The maximum Gasteiger partial charge on any atom is 0.410 e. The number of carbonyl (C=O) groups is 8. The Hall–Kier alpha value is -14.3. The molecule has 792 valence electrons. The lowest BCUT2D eigenvalue weighted by Crippen LogP contribution is -2.47. The first-order valence-electron chi connectivity index (χ1n) is 48.6. The Morgan fingerprint density at radius 3 is 1.19 bits per heavy atom. The van der Waals surface area contributed by atoms with Gasteiger partial charge in [-0.1, -0.05) is 39.3 Å². The number of aromatic nitrogens is 12. The first kappa shape index (κ1) is 115. The van der Waals surface area contributed by atoms with Gasteiger partial charge in [-0.15, -0.1) is 12.4 Å². The molecule has 16 rings (SSSR count). The number of likely N-dealkylation sites (tertiary alicyclic amines) is 3. The van der Waals surface area contributed by atoms with Gasteiger partial charge in [0.15, 0.2) is 22.8 Å². The van der Waals surface area contributed by atoms with Crippen LogP contribution in [0.5, 0.6) is 0 Å². The Balaban J connectivity index is 0.000000197. The molecule has 47 heteroatoms. The number of fused-ring (bicyclic) bond motifs is 4. The van der Waals surface area contributed by atoms with E-state index in [0.717, 1.165) is 150 Å². The molecular weight excluding hydrogens is 1940 g/mol. The van der Waals surface area contributed by atoms with Gasteiger partial charge in [0.25, 0.3) is 17.7 Å². The molecule has 0 aliphatic carbocycles. The van der Waals surface area contributed by atoms with Crippen LogP contribution in [0.25, 0.3) is 94.8 Å². The summed E-state index contributed by atoms with van der Waals surface area (Å²) in [5.41, 5.74) is 8.16. The molecule has 4 aliphatic rings. The van der Waals surface area contributed by atoms with Crippen molar-refractivity contribution >= 4 is 143 Å². The molecular formula is C100H139ClN26O18Si2. The van der Waals surface area contributed by atoms with Crippen LogP contribution in [0.15, 0.2) is 117 Å². The van der Waals surface area contributed by atoms with Gasteiger partial charge in [-0.25, -0.2) is 65.6 Å². The van der Waals surface area contributed by atoms with Crippen molar-refractivity contribution in [3.8, 4) is 51.9 Å². The molecule has 4 saturated heterocycles. The molecule has 44 nitrogen and oxygen atoms in total. The number of piperidine rings is 4. The van der Waals surface area contributed by atoms with Crippen molar-refractivity contribution in [1.29, 1.82) is 5.26 Å². The average molecular weight is 2090 g/mol. The third kappa shape index (κ3) is 32.4. The van der Waals surface area contributed by atoms with Crippen LogP contribution in [-0.4, -0.2) is 326 Å². The number of rotatable bonds is 28. The molecule has 4 atom stereocenters. The van der Waals surface area contributed by atoms with Crippen LogP contribution in [0.1, 0.15) is 141 Å². The molecule has 0 unspecified atom stereocenters. The quantitative estimate of drug-likeness (QED) is 0.0124. The van der Waals surface area contributed by atoms with E-state index in [-0.39, 0.29) is 107 Å². The zero-order valence-corrected chi connectivity index (χ0v) is 90.2. The highest BCUT2D eigenvalue weighted by molar-refractivity contribution is 6.76. The van der Waals surface area contributed by atoms with Crippen molar-refractivity contribution in [3.63, 3.8) is 0 Å². The average Bonchev–Trinajstić information content (AvgIpc) is 1.62. The largest absolute Gasteiger partial charge is 0.476 e. The van der Waals surface area contributed by atoms with Gasteiger partial charge in [-0.05, 0) is 150 Å². The number of hydrogen-bond acceptors (Lipinski definition) is 31. The van der Waals surface area contributed by atoms with Crippen LogP contribution in [0.2, 0.25) is 51.4 Å². The van der Waals surface area contributed by atoms with Crippen LogP contribution in [0, 0.1) is 17.9 Å². The van der Waals surface area contributed by atoms with Crippen molar-refractivity contribution in [2.45, 2.75) is 200 Å². The molecule has 12 aromatic rings. The summed E-state index contributed by atoms with van der Waals surface area (Å²) in [5.74, 6) is -1.95. The third-order valence-electron chi connectivity index (χ3n) is 23.3. The van der Waals surface area contributed by atoms with E-state index in [2.05, 4.69) is 121 Å². The van der Waals surface area contributed by atoms with Gasteiger partial charge < -0.3 is 132 Å². The predicted octanol–water partition coefficient (Wildman–Crippen LogP) is 15.6. The number of carboxylic acids is 2. The molecule has 0 spiro atoms. The first-order valence-corrected chi connectivity index (χ1v) is 56.0. The monoisotopic (exact) mass is 2080 g/mol. The first-order chi connectivity index (χ1) is 69.3. The zero-order chi connectivity index (χ0) is 106. The maximum atomic E-state index is 12.8. The second kappa shape index (κ2) is 52.2. The van der Waals surface area contributed by atoms with Gasteiger partial charge in [0.05, 0.1) is 51.1 Å². The van der Waals surface area contributed by atoms with Crippen molar-refractivity contribution in [3.05, 3.63) is 133 Å². The number of nitriles is 1. The number of H-pyrrole nitrogens is 2. The Bertz CT molecular complexity index is 6550. The van der Waals surface area contributed by atoms with Crippen LogP contribution in [-0.2, 0) is 42.0 Å². The van der Waals surface area contributed by atoms with Crippen molar-refractivity contribution < 1.29 is 85.2 Å². The van der Waals surface area contributed by atoms with Gasteiger partial charge in [0, 0.05) is 213 Å². The molecule has 16 heterocycles. The van der Waals surface area contributed by atoms with Gasteiger partial charge in [-0.2, -0.15) is 5.26 Å². The van der Waals surface area contributed by atoms with E-state index in [0.29, 0.717) is 106 Å². The van der Waals surface area contributed by atoms with Crippen LogP contribution >= 0.6 is 12.4 Å². The summed E-state index contributed by atoms with van der Waals surface area (Å²) in [6, 6.07) is 12.1. The van der Waals surface area contributed by atoms with Crippen LogP contribution < -0.4 is 31.9 Å². The van der Waals surface area contributed by atoms with E-state index < -0.39 is 45.8 Å². The summed E-state index contributed by atoms with van der Waals surface area (Å²) in [4.78, 5) is 149. The minimum atomic E-state index is -1.20.